The van der Waals surface area contributed by atoms with Gasteiger partial charge in [0.15, 0.2) is 5.82 Å². The maximum Gasteiger partial charge on any atom is 0.248 e. The Morgan fingerprint density at radius 1 is 1.38 bits per heavy atom. The second-order valence-electron chi connectivity index (χ2n) is 7.94. The van der Waals surface area contributed by atoms with E-state index < -0.39 is 5.41 Å². The van der Waals surface area contributed by atoms with Gasteiger partial charge in [0.25, 0.3) is 0 Å². The summed E-state index contributed by atoms with van der Waals surface area (Å²) in [7, 11) is 1.51. The number of fused-ring (bicyclic) bond motifs is 1. The number of aryl methyl sites for hydroxylation is 1. The SMILES string of the molecule is COCC(=O)N1C[C@@H]2C[C@@H](NC(=O)Cc3ccncc3)C[C@]2(c2nc(C)no2)C1. The summed E-state index contributed by atoms with van der Waals surface area (Å²) < 4.78 is 10.5. The molecular formula is C20H25N5O4. The molecule has 0 aromatic carbocycles. The van der Waals surface area contributed by atoms with E-state index in [1.807, 2.05) is 17.0 Å². The van der Waals surface area contributed by atoms with Gasteiger partial charge >= 0.3 is 0 Å². The van der Waals surface area contributed by atoms with Crippen molar-refractivity contribution in [3.05, 3.63) is 41.8 Å². The van der Waals surface area contributed by atoms with E-state index in [2.05, 4.69) is 20.4 Å². The molecule has 0 spiro atoms. The van der Waals surface area contributed by atoms with Crippen LogP contribution in [-0.4, -0.2) is 64.7 Å². The van der Waals surface area contributed by atoms with E-state index in [1.165, 1.54) is 7.11 Å². The predicted molar refractivity (Wildman–Crippen MR) is 102 cm³/mol. The first-order valence-corrected chi connectivity index (χ1v) is 9.76. The lowest BCUT2D eigenvalue weighted by Gasteiger charge is -2.25. The Kier molecular flexibility index (Phi) is 5.31. The highest BCUT2D eigenvalue weighted by Gasteiger charge is 2.58. The first-order chi connectivity index (χ1) is 14.0. The number of aromatic nitrogens is 3. The van der Waals surface area contributed by atoms with Crippen LogP contribution in [0, 0.1) is 12.8 Å². The number of carbonyl (C=O) groups excluding carboxylic acids is 2. The smallest absolute Gasteiger partial charge is 0.248 e. The molecule has 2 aromatic heterocycles. The van der Waals surface area contributed by atoms with Gasteiger partial charge in [0.2, 0.25) is 17.7 Å². The van der Waals surface area contributed by atoms with Gasteiger partial charge in [-0.25, -0.2) is 0 Å². The van der Waals surface area contributed by atoms with E-state index in [0.717, 1.165) is 12.0 Å². The van der Waals surface area contributed by atoms with E-state index in [9.17, 15) is 9.59 Å². The normalized spacial score (nSPS) is 25.8. The number of methoxy groups -OCH3 is 1. The van der Waals surface area contributed by atoms with Crippen LogP contribution in [0.4, 0.5) is 0 Å². The third-order valence-electron chi connectivity index (χ3n) is 5.93. The van der Waals surface area contributed by atoms with Crippen molar-refractivity contribution < 1.29 is 18.8 Å². The number of likely N-dealkylation sites (tertiary alicyclic amines) is 1. The molecule has 9 nitrogen and oxygen atoms in total. The molecule has 0 bridgehead atoms. The molecule has 1 N–H and O–H groups in total. The number of pyridine rings is 1. The Morgan fingerprint density at radius 3 is 2.86 bits per heavy atom. The van der Waals surface area contributed by atoms with Gasteiger partial charge in [0, 0.05) is 38.6 Å². The van der Waals surface area contributed by atoms with Crippen molar-refractivity contribution in [3.63, 3.8) is 0 Å². The molecule has 1 saturated heterocycles. The molecule has 1 aliphatic heterocycles. The fourth-order valence-corrected chi connectivity index (χ4v) is 4.68. The van der Waals surface area contributed by atoms with Gasteiger partial charge in [0.1, 0.15) is 6.61 Å². The summed E-state index contributed by atoms with van der Waals surface area (Å²) in [5.41, 5.74) is 0.494. The summed E-state index contributed by atoms with van der Waals surface area (Å²) >= 11 is 0. The third kappa shape index (κ3) is 3.87. The Balaban J connectivity index is 1.48. The van der Waals surface area contributed by atoms with Crippen LogP contribution >= 0.6 is 0 Å². The summed E-state index contributed by atoms with van der Waals surface area (Å²) in [5.74, 6) is 1.20. The van der Waals surface area contributed by atoms with Gasteiger partial charge in [-0.2, -0.15) is 4.98 Å². The van der Waals surface area contributed by atoms with E-state index in [-0.39, 0.29) is 30.4 Å². The number of rotatable bonds is 6. The van der Waals surface area contributed by atoms with Crippen molar-refractivity contribution in [2.24, 2.45) is 5.92 Å². The third-order valence-corrected chi connectivity index (χ3v) is 5.93. The molecule has 0 unspecified atom stereocenters. The van der Waals surface area contributed by atoms with Gasteiger partial charge in [-0.15, -0.1) is 0 Å². The zero-order valence-corrected chi connectivity index (χ0v) is 16.6. The van der Waals surface area contributed by atoms with Crippen LogP contribution in [0.25, 0.3) is 0 Å². The molecule has 154 valence electrons. The standard InChI is InChI=1S/C20H25N5O4/c1-13-22-19(29-24-13)20-9-16(23-17(26)7-14-3-5-21-6-4-14)8-15(20)10-25(12-20)18(27)11-28-2/h3-6,15-16H,7-12H2,1-2H3,(H,23,26)/t15-,16+,20-/m0/s1. The molecule has 29 heavy (non-hydrogen) atoms. The minimum absolute atomic E-state index is 0.00113. The number of hydrogen-bond donors (Lipinski definition) is 1. The van der Waals surface area contributed by atoms with Crippen molar-refractivity contribution in [2.45, 2.75) is 37.6 Å². The molecule has 2 aliphatic rings. The van der Waals surface area contributed by atoms with Crippen molar-refractivity contribution in [2.75, 3.05) is 26.8 Å². The minimum Gasteiger partial charge on any atom is -0.375 e. The summed E-state index contributed by atoms with van der Waals surface area (Å²) in [5, 5.41) is 7.11. The Hall–Kier alpha value is -2.81. The largest absolute Gasteiger partial charge is 0.375 e. The summed E-state index contributed by atoms with van der Waals surface area (Å²) in [6.07, 6.45) is 5.11. The number of amides is 2. The van der Waals surface area contributed by atoms with Crippen molar-refractivity contribution in [1.29, 1.82) is 0 Å². The highest BCUT2D eigenvalue weighted by Crippen LogP contribution is 2.50. The summed E-state index contributed by atoms with van der Waals surface area (Å²) in [4.78, 5) is 35.2. The molecule has 1 aliphatic carbocycles. The molecule has 2 amide bonds. The lowest BCUT2D eigenvalue weighted by atomic mass is 9.80. The van der Waals surface area contributed by atoms with Crippen LogP contribution in [-0.2, 0) is 26.2 Å². The lowest BCUT2D eigenvalue weighted by molar-refractivity contribution is -0.134. The Labute approximate surface area is 168 Å². The van der Waals surface area contributed by atoms with E-state index in [1.54, 1.807) is 19.3 Å². The quantitative estimate of drug-likeness (QED) is 0.759. The van der Waals surface area contributed by atoms with Gasteiger partial charge < -0.3 is 19.5 Å². The van der Waals surface area contributed by atoms with E-state index in [0.29, 0.717) is 37.6 Å². The molecule has 0 radical (unpaired) electrons. The average Bonchev–Trinajstić information content (AvgIpc) is 3.35. The van der Waals surface area contributed by atoms with Crippen molar-refractivity contribution in [3.8, 4) is 0 Å². The van der Waals surface area contributed by atoms with Crippen molar-refractivity contribution >= 4 is 11.8 Å². The zero-order valence-electron chi connectivity index (χ0n) is 16.6. The second kappa shape index (κ2) is 7.90. The molecule has 2 fully saturated rings. The molecule has 4 rings (SSSR count). The Morgan fingerprint density at radius 2 is 2.17 bits per heavy atom. The van der Waals surface area contributed by atoms with E-state index >= 15 is 0 Å². The zero-order chi connectivity index (χ0) is 20.4. The van der Waals surface area contributed by atoms with Gasteiger partial charge in [0.05, 0.1) is 11.8 Å². The van der Waals surface area contributed by atoms with Crippen LogP contribution < -0.4 is 5.32 Å². The number of ether oxygens (including phenoxy) is 1. The molecule has 3 atom stereocenters. The first-order valence-electron chi connectivity index (χ1n) is 9.76. The maximum absolute atomic E-state index is 12.5. The number of nitrogens with zero attached hydrogens (tertiary/aromatic N) is 4. The van der Waals surface area contributed by atoms with Crippen LogP contribution in [0.1, 0.15) is 30.1 Å². The molecule has 2 aromatic rings. The topological polar surface area (TPSA) is 110 Å². The van der Waals surface area contributed by atoms with Crippen LogP contribution in [0.3, 0.4) is 0 Å². The molecular weight excluding hydrogens is 374 g/mol. The van der Waals surface area contributed by atoms with Crippen molar-refractivity contribution in [1.82, 2.24) is 25.3 Å². The fraction of sp³-hybridized carbons (Fsp3) is 0.550. The average molecular weight is 399 g/mol. The summed E-state index contributed by atoms with van der Waals surface area (Å²) in [6, 6.07) is 3.68. The molecule has 3 heterocycles. The van der Waals surface area contributed by atoms with Gasteiger partial charge in [-0.1, -0.05) is 5.16 Å². The lowest BCUT2D eigenvalue weighted by Crippen LogP contribution is -2.40. The fourth-order valence-electron chi connectivity index (χ4n) is 4.68. The molecule has 9 heteroatoms. The highest BCUT2D eigenvalue weighted by molar-refractivity contribution is 5.79. The number of hydrogen-bond acceptors (Lipinski definition) is 7. The monoisotopic (exact) mass is 399 g/mol. The predicted octanol–water partition coefficient (Wildman–Crippen LogP) is 0.637. The van der Waals surface area contributed by atoms with Crippen LogP contribution in [0.5, 0.6) is 0 Å². The second-order valence-corrected chi connectivity index (χ2v) is 7.94. The Bertz CT molecular complexity index is 886. The number of nitrogens with one attached hydrogen (secondary N) is 1. The van der Waals surface area contributed by atoms with Gasteiger partial charge in [-0.3, -0.25) is 14.6 Å². The van der Waals surface area contributed by atoms with Gasteiger partial charge in [-0.05, 0) is 43.4 Å². The highest BCUT2D eigenvalue weighted by atomic mass is 16.5. The maximum atomic E-state index is 12.5. The first kappa shape index (κ1) is 19.5. The molecule has 1 saturated carbocycles. The summed E-state index contributed by atoms with van der Waals surface area (Å²) in [6.45, 7) is 2.93. The minimum atomic E-state index is -0.431. The van der Waals surface area contributed by atoms with Crippen LogP contribution in [0.2, 0.25) is 0 Å². The number of carbonyl (C=O) groups is 2. The van der Waals surface area contributed by atoms with E-state index in [4.69, 9.17) is 9.26 Å². The van der Waals surface area contributed by atoms with Crippen LogP contribution in [0.15, 0.2) is 29.0 Å².